The van der Waals surface area contributed by atoms with Crippen molar-refractivity contribution >= 4 is 51.2 Å². The summed E-state index contributed by atoms with van der Waals surface area (Å²) < 4.78 is 0. The third-order valence-electron chi connectivity index (χ3n) is 10.00. The van der Waals surface area contributed by atoms with E-state index in [1.165, 1.54) is 11.0 Å². The molecule has 46 heavy (non-hydrogen) atoms. The van der Waals surface area contributed by atoms with Crippen molar-refractivity contribution in [3.05, 3.63) is 131 Å². The minimum atomic E-state index is -0.663. The Bertz CT molecular complexity index is 2090. The first-order valence-corrected chi connectivity index (χ1v) is 15.5. The van der Waals surface area contributed by atoms with E-state index in [9.17, 15) is 24.3 Å². The lowest BCUT2D eigenvalue weighted by atomic mass is 9.59. The Morgan fingerprint density at radius 1 is 0.761 bits per heavy atom. The summed E-state index contributed by atoms with van der Waals surface area (Å²) in [5.74, 6) is -3.05. The van der Waals surface area contributed by atoms with Crippen molar-refractivity contribution in [3.63, 3.8) is 0 Å². The molecule has 4 aromatic carbocycles. The van der Waals surface area contributed by atoms with E-state index in [2.05, 4.69) is 5.32 Å². The molecule has 0 unspecified atom stereocenters. The van der Waals surface area contributed by atoms with Gasteiger partial charge in [0.1, 0.15) is 5.75 Å². The molecule has 226 valence electrons. The predicted octanol–water partition coefficient (Wildman–Crippen LogP) is 6.92. The molecule has 4 atom stereocenters. The van der Waals surface area contributed by atoms with E-state index in [4.69, 9.17) is 0 Å². The van der Waals surface area contributed by atoms with Crippen LogP contribution in [-0.2, 0) is 19.2 Å². The van der Waals surface area contributed by atoms with Crippen LogP contribution in [0.5, 0.6) is 5.75 Å². The number of hydrogen-bond donors (Lipinski definition) is 2. The molecule has 4 aromatic rings. The Morgan fingerprint density at radius 2 is 1.46 bits per heavy atom. The number of para-hydroxylation sites is 1. The van der Waals surface area contributed by atoms with Crippen LogP contribution in [0.2, 0.25) is 0 Å². The van der Waals surface area contributed by atoms with E-state index in [0.717, 1.165) is 27.9 Å². The van der Waals surface area contributed by atoms with Crippen LogP contribution in [0.4, 0.5) is 17.1 Å². The first-order valence-electron chi connectivity index (χ1n) is 15.5. The number of benzene rings is 4. The summed E-state index contributed by atoms with van der Waals surface area (Å²) in [5, 5.41) is 15.4. The van der Waals surface area contributed by atoms with Gasteiger partial charge in [-0.25, -0.2) is 0 Å². The van der Waals surface area contributed by atoms with Gasteiger partial charge < -0.3 is 10.4 Å². The van der Waals surface area contributed by atoms with Crippen molar-refractivity contribution in [1.82, 2.24) is 0 Å². The number of carbonyl (C=O) groups excluding carboxylic acids is 4. The number of imide groups is 1. The quantitative estimate of drug-likeness (QED) is 0.148. The van der Waals surface area contributed by atoms with Crippen LogP contribution in [-0.4, -0.2) is 28.5 Å². The Labute approximate surface area is 265 Å². The van der Waals surface area contributed by atoms with Crippen LogP contribution in [0, 0.1) is 17.8 Å². The first-order chi connectivity index (χ1) is 22.3. The molecule has 7 heteroatoms. The van der Waals surface area contributed by atoms with E-state index < -0.39 is 23.7 Å². The Kier molecular flexibility index (Phi) is 6.39. The monoisotopic (exact) mass is 606 g/mol. The van der Waals surface area contributed by atoms with Crippen molar-refractivity contribution in [1.29, 1.82) is 0 Å². The molecule has 4 aliphatic rings. The van der Waals surface area contributed by atoms with Crippen LogP contribution in [0.25, 0.3) is 10.8 Å². The first kappa shape index (κ1) is 28.0. The second-order valence-corrected chi connectivity index (χ2v) is 12.5. The number of phenolic OH excluding ortho intramolecular Hbond substituents is 1. The van der Waals surface area contributed by atoms with Crippen molar-refractivity contribution in [3.8, 4) is 5.75 Å². The Morgan fingerprint density at radius 3 is 2.22 bits per heavy atom. The van der Waals surface area contributed by atoms with Crippen molar-refractivity contribution in [2.45, 2.75) is 25.7 Å². The molecule has 2 N–H and O–H groups in total. The van der Waals surface area contributed by atoms with Gasteiger partial charge in [-0.1, -0.05) is 60.2 Å². The molecule has 0 saturated carbocycles. The highest BCUT2D eigenvalue weighted by Gasteiger charge is 2.56. The number of Topliss-reactive ketones (excluding diaryl/α,β-unsaturated/α-hetero) is 1. The molecule has 3 aliphatic carbocycles. The van der Waals surface area contributed by atoms with E-state index in [1.54, 1.807) is 25.1 Å². The van der Waals surface area contributed by atoms with Gasteiger partial charge >= 0.3 is 0 Å². The Balaban J connectivity index is 1.20. The summed E-state index contributed by atoms with van der Waals surface area (Å²) in [4.78, 5) is 56.8. The lowest BCUT2D eigenvalue weighted by Gasteiger charge is -2.42. The summed E-state index contributed by atoms with van der Waals surface area (Å²) in [6.07, 6.45) is 4.01. The molecule has 2 amide bonds. The second kappa shape index (κ2) is 10.5. The summed E-state index contributed by atoms with van der Waals surface area (Å²) in [6.45, 7) is 1.65. The standard InChI is InChI=1S/C39H30N2O5/c1-21-19-33(43)36-31(37(21)44)20-30-28(34(36)27-17-18-32(42)26-10-6-5-9-25(26)27)15-16-29-35(30)39(46)41(38(29)45)24-13-11-23(12-14-24)40-22-7-3-2-4-8-22/h2-15,17-19,29-30,34-35,40,42H,16,20H2,1H3/t29-,30+,34-,35-/m0/s1. The van der Waals surface area contributed by atoms with Crippen LogP contribution in [0.15, 0.2) is 125 Å². The maximum atomic E-state index is 14.3. The fraction of sp³-hybridized carbons (Fsp3) is 0.179. The maximum absolute atomic E-state index is 14.3. The predicted molar refractivity (Wildman–Crippen MR) is 176 cm³/mol. The fourth-order valence-electron chi connectivity index (χ4n) is 7.93. The van der Waals surface area contributed by atoms with Gasteiger partial charge in [0.05, 0.1) is 17.5 Å². The zero-order chi connectivity index (χ0) is 31.7. The van der Waals surface area contributed by atoms with Crippen LogP contribution in [0.1, 0.15) is 31.2 Å². The van der Waals surface area contributed by atoms with Gasteiger partial charge in [-0.2, -0.15) is 0 Å². The highest BCUT2D eigenvalue weighted by molar-refractivity contribution is 6.25. The number of rotatable bonds is 4. The third kappa shape index (κ3) is 4.19. The summed E-state index contributed by atoms with van der Waals surface area (Å²) in [6, 6.07) is 27.8. The number of phenols is 1. The van der Waals surface area contributed by atoms with Crippen molar-refractivity contribution in [2.24, 2.45) is 17.8 Å². The molecule has 1 aliphatic heterocycles. The zero-order valence-corrected chi connectivity index (χ0v) is 25.1. The number of ketones is 2. The average molecular weight is 607 g/mol. The second-order valence-electron chi connectivity index (χ2n) is 12.5. The van der Waals surface area contributed by atoms with Gasteiger partial charge in [0.2, 0.25) is 11.8 Å². The number of amides is 2. The van der Waals surface area contributed by atoms with E-state index in [-0.39, 0.29) is 35.6 Å². The van der Waals surface area contributed by atoms with Gasteiger partial charge in [-0.15, -0.1) is 0 Å². The number of fused-ring (bicyclic) bond motifs is 4. The smallest absolute Gasteiger partial charge is 0.238 e. The number of nitrogens with one attached hydrogen (secondary N) is 1. The van der Waals surface area contributed by atoms with Crippen LogP contribution < -0.4 is 10.2 Å². The van der Waals surface area contributed by atoms with Crippen LogP contribution in [0.3, 0.4) is 0 Å². The number of aromatic hydroxyl groups is 1. The lowest BCUT2D eigenvalue weighted by molar-refractivity contribution is -0.123. The molecular formula is C39H30N2O5. The number of allylic oxidation sites excluding steroid dienone is 6. The molecule has 0 radical (unpaired) electrons. The number of carbonyl (C=O) groups is 4. The van der Waals surface area contributed by atoms with Gasteiger partial charge in [0, 0.05) is 39.4 Å². The highest BCUT2D eigenvalue weighted by atomic mass is 16.3. The van der Waals surface area contributed by atoms with Crippen LogP contribution >= 0.6 is 0 Å². The molecule has 0 bridgehead atoms. The largest absolute Gasteiger partial charge is 0.507 e. The number of nitrogens with zero attached hydrogens (tertiary/aromatic N) is 1. The summed E-state index contributed by atoms with van der Waals surface area (Å²) in [5.41, 5.74) is 5.16. The van der Waals surface area contributed by atoms with E-state index in [1.807, 2.05) is 78.9 Å². The maximum Gasteiger partial charge on any atom is 0.238 e. The fourth-order valence-corrected chi connectivity index (χ4v) is 7.93. The van der Waals surface area contributed by atoms with Gasteiger partial charge in [0.25, 0.3) is 0 Å². The van der Waals surface area contributed by atoms with Crippen molar-refractivity contribution in [2.75, 3.05) is 10.2 Å². The summed E-state index contributed by atoms with van der Waals surface area (Å²) >= 11 is 0. The van der Waals surface area contributed by atoms with Gasteiger partial charge in [-0.05, 0) is 85.2 Å². The Hall–Kier alpha value is -5.56. The molecule has 1 heterocycles. The number of anilines is 3. The molecular weight excluding hydrogens is 576 g/mol. The lowest BCUT2D eigenvalue weighted by Crippen LogP contribution is -2.39. The SMILES string of the molecule is CC1=CC(=O)C2=C(C[C@@H]3C(=CC[C@@H]4C(=O)N(c5ccc(Nc6ccccc6)cc5)C(=O)[C@@H]43)[C@@H]2c2ccc(O)c3ccccc23)C1=O. The minimum Gasteiger partial charge on any atom is -0.507 e. The van der Waals surface area contributed by atoms with E-state index in [0.29, 0.717) is 34.2 Å². The minimum absolute atomic E-state index is 0.123. The highest BCUT2D eigenvalue weighted by Crippen LogP contribution is 2.56. The molecule has 0 spiro atoms. The van der Waals surface area contributed by atoms with Crippen molar-refractivity contribution < 1.29 is 24.3 Å². The normalized spacial score (nSPS) is 24.0. The molecule has 8 rings (SSSR count). The molecule has 0 aromatic heterocycles. The average Bonchev–Trinajstić information content (AvgIpc) is 3.33. The molecule has 1 saturated heterocycles. The van der Waals surface area contributed by atoms with E-state index >= 15 is 0 Å². The topological polar surface area (TPSA) is 104 Å². The zero-order valence-electron chi connectivity index (χ0n) is 25.1. The third-order valence-corrected chi connectivity index (χ3v) is 10.00. The molecule has 1 fully saturated rings. The molecule has 7 nitrogen and oxygen atoms in total. The van der Waals surface area contributed by atoms with Gasteiger partial charge in [0.15, 0.2) is 11.6 Å². The summed E-state index contributed by atoms with van der Waals surface area (Å²) in [7, 11) is 0. The number of hydrogen-bond acceptors (Lipinski definition) is 6. The van der Waals surface area contributed by atoms with Gasteiger partial charge in [-0.3, -0.25) is 24.1 Å².